The number of hydrogen-bond acceptors (Lipinski definition) is 1. The minimum Gasteiger partial charge on any atom is -0.295 e. The van der Waals surface area contributed by atoms with Gasteiger partial charge in [0.15, 0.2) is 5.78 Å². The van der Waals surface area contributed by atoms with E-state index in [4.69, 9.17) is 5.48 Å². The smallest absolute Gasteiger partial charge is 0.158 e. The molecular formula is C10H14O. The number of Topliss-reactive ketones (excluding diaryl/α,β-unsaturated/α-hetero) is 1. The third kappa shape index (κ3) is 1.79. The van der Waals surface area contributed by atoms with Crippen LogP contribution in [0.5, 0.6) is 0 Å². The molecule has 0 heterocycles. The monoisotopic (exact) mass is 154 g/mol. The van der Waals surface area contributed by atoms with Crippen molar-refractivity contribution < 1.29 is 10.3 Å². The third-order valence-electron chi connectivity index (χ3n) is 1.59. The fourth-order valence-electron chi connectivity index (χ4n) is 0.826. The molecule has 0 aliphatic heterocycles. The van der Waals surface area contributed by atoms with Crippen molar-refractivity contribution in [3.8, 4) is 0 Å². The Hall–Kier alpha value is -0.850. The fourth-order valence-corrected chi connectivity index (χ4v) is 0.826. The van der Waals surface area contributed by atoms with Gasteiger partial charge in [0.1, 0.15) is 0 Å². The van der Waals surface area contributed by atoms with Crippen LogP contribution in [-0.4, -0.2) is 5.78 Å². The van der Waals surface area contributed by atoms with Crippen LogP contribution in [0.4, 0.5) is 0 Å². The molecule has 1 nitrogen and oxygen atoms in total. The average molecular weight is 154 g/mol. The molecule has 0 amide bonds. The first kappa shape index (κ1) is 4.24. The molecule has 1 aliphatic rings. The summed E-state index contributed by atoms with van der Waals surface area (Å²) in [6.07, 6.45) is -2.86. The van der Waals surface area contributed by atoms with Crippen LogP contribution in [0.2, 0.25) is 0 Å². The van der Waals surface area contributed by atoms with Crippen LogP contribution in [0.3, 0.4) is 0 Å². The Kier molecular flexibility index (Phi) is 1.17. The Labute approximate surface area is 73.4 Å². The average Bonchev–Trinajstić information content (AvgIpc) is 1.97. The highest BCUT2D eigenvalue weighted by Gasteiger charge is 2.18. The number of ketones is 1. The summed E-state index contributed by atoms with van der Waals surface area (Å²) in [4.78, 5) is 11.6. The number of carbonyl (C=O) groups excluding carboxylic acids is 1. The van der Waals surface area contributed by atoms with Crippen molar-refractivity contribution in [3.63, 3.8) is 0 Å². The van der Waals surface area contributed by atoms with E-state index in [1.54, 1.807) is 6.92 Å². The first-order valence-corrected chi connectivity index (χ1v) is 3.50. The van der Waals surface area contributed by atoms with Crippen LogP contribution in [0.1, 0.15) is 32.1 Å². The lowest BCUT2D eigenvalue weighted by molar-refractivity contribution is -0.116. The topological polar surface area (TPSA) is 17.1 Å². The van der Waals surface area contributed by atoms with Crippen molar-refractivity contribution in [3.05, 3.63) is 23.8 Å². The van der Waals surface area contributed by atoms with Crippen molar-refractivity contribution in [2.75, 3.05) is 0 Å². The molecule has 1 rings (SSSR count). The van der Waals surface area contributed by atoms with Gasteiger partial charge in [-0.3, -0.25) is 4.79 Å². The van der Waals surface area contributed by atoms with Crippen molar-refractivity contribution in [2.24, 2.45) is 5.92 Å². The van der Waals surface area contributed by atoms with Crippen LogP contribution < -0.4 is 0 Å². The predicted octanol–water partition coefficient (Wildman–Crippen LogP) is 2.49. The van der Waals surface area contributed by atoms with E-state index < -0.39 is 24.4 Å². The van der Waals surface area contributed by atoms with E-state index in [1.807, 2.05) is 0 Å². The first-order valence-electron chi connectivity index (χ1n) is 5.50. The summed E-state index contributed by atoms with van der Waals surface area (Å²) in [6, 6.07) is 0. The zero-order valence-electron chi connectivity index (χ0n) is 10.8. The maximum atomic E-state index is 11.6. The predicted molar refractivity (Wildman–Crippen MR) is 46.3 cm³/mol. The maximum Gasteiger partial charge on any atom is 0.158 e. The minimum atomic E-state index is -2.20. The molecule has 0 fully saturated rings. The van der Waals surface area contributed by atoms with Gasteiger partial charge in [0.05, 0.1) is 0 Å². The first-order chi connectivity index (χ1) is 6.60. The van der Waals surface area contributed by atoms with E-state index in [1.165, 1.54) is 13.0 Å². The highest BCUT2D eigenvalue weighted by Crippen LogP contribution is 2.25. The third-order valence-corrected chi connectivity index (χ3v) is 1.59. The van der Waals surface area contributed by atoms with Crippen LogP contribution in [0.15, 0.2) is 23.8 Å². The molecule has 0 unspecified atom stereocenters. The molecule has 0 aromatic carbocycles. The second-order valence-electron chi connectivity index (χ2n) is 2.75. The lowest BCUT2D eigenvalue weighted by Gasteiger charge is -2.18. The standard InChI is InChI=1S/C10H14O/c1-7(2)9-5-4-8(3)10(11)6-9/h4,9H,1,5-6H2,2-3H3/t9-/m1/s1/i5D2,6D2. The molecule has 0 aromatic heterocycles. The molecule has 0 saturated carbocycles. The van der Waals surface area contributed by atoms with Gasteiger partial charge in [-0.25, -0.2) is 0 Å². The van der Waals surface area contributed by atoms with Crippen molar-refractivity contribution >= 4 is 5.78 Å². The molecule has 0 saturated heterocycles. The summed E-state index contributed by atoms with van der Waals surface area (Å²) in [6.45, 7) is 6.55. The highest BCUT2D eigenvalue weighted by atomic mass is 16.1. The summed E-state index contributed by atoms with van der Waals surface area (Å²) in [7, 11) is 0. The molecule has 0 N–H and O–H groups in total. The summed E-state index contributed by atoms with van der Waals surface area (Å²) in [5.74, 6) is -1.76. The van der Waals surface area contributed by atoms with Crippen LogP contribution in [-0.2, 0) is 4.79 Å². The quantitative estimate of drug-likeness (QED) is 0.530. The Balaban J connectivity index is 3.37. The number of rotatable bonds is 1. The molecule has 11 heavy (non-hydrogen) atoms. The molecule has 1 aliphatic carbocycles. The molecule has 0 aromatic rings. The van der Waals surface area contributed by atoms with Crippen LogP contribution in [0.25, 0.3) is 0 Å². The van der Waals surface area contributed by atoms with Crippen LogP contribution >= 0.6 is 0 Å². The number of carbonyl (C=O) groups is 1. The molecule has 1 heteroatoms. The summed E-state index contributed by atoms with van der Waals surface area (Å²) >= 11 is 0. The molecule has 0 spiro atoms. The van der Waals surface area contributed by atoms with Gasteiger partial charge in [-0.15, -0.1) is 0 Å². The Morgan fingerprint density at radius 3 is 3.09 bits per heavy atom. The fraction of sp³-hybridized carbons (Fsp3) is 0.500. The summed E-state index contributed by atoms with van der Waals surface area (Å²) in [5, 5.41) is 0. The second-order valence-corrected chi connectivity index (χ2v) is 2.75. The molecule has 0 radical (unpaired) electrons. The van der Waals surface area contributed by atoms with Gasteiger partial charge >= 0.3 is 0 Å². The van der Waals surface area contributed by atoms with E-state index in [0.29, 0.717) is 5.57 Å². The largest absolute Gasteiger partial charge is 0.295 e. The molecule has 0 bridgehead atoms. The number of allylic oxidation sites excluding steroid dienone is 3. The maximum absolute atomic E-state index is 11.6. The summed E-state index contributed by atoms with van der Waals surface area (Å²) < 4.78 is 30.8. The number of hydrogen-bond donors (Lipinski definition) is 0. The van der Waals surface area contributed by atoms with Crippen molar-refractivity contribution in [2.45, 2.75) is 26.6 Å². The lowest BCUT2D eigenvalue weighted by Crippen LogP contribution is -2.14. The summed E-state index contributed by atoms with van der Waals surface area (Å²) in [5.41, 5.74) is 0.490. The normalized spacial score (nSPS) is 39.3. The van der Waals surface area contributed by atoms with Gasteiger partial charge < -0.3 is 0 Å². The zero-order chi connectivity index (χ0) is 12.0. The van der Waals surface area contributed by atoms with E-state index in [-0.39, 0.29) is 5.57 Å². The van der Waals surface area contributed by atoms with Crippen molar-refractivity contribution in [1.82, 2.24) is 0 Å². The Bertz CT molecular complexity index is 354. The van der Waals surface area contributed by atoms with E-state index in [0.717, 1.165) is 0 Å². The second kappa shape index (κ2) is 3.04. The van der Waals surface area contributed by atoms with E-state index in [2.05, 4.69) is 6.58 Å². The zero-order valence-corrected chi connectivity index (χ0v) is 6.77. The highest BCUT2D eigenvalue weighted by molar-refractivity contribution is 5.95. The molecular weight excluding hydrogens is 136 g/mol. The Morgan fingerprint density at radius 1 is 1.91 bits per heavy atom. The van der Waals surface area contributed by atoms with E-state index in [9.17, 15) is 4.79 Å². The van der Waals surface area contributed by atoms with Gasteiger partial charge in [-0.1, -0.05) is 18.2 Å². The van der Waals surface area contributed by atoms with E-state index >= 15 is 0 Å². The Morgan fingerprint density at radius 2 is 2.55 bits per heavy atom. The van der Waals surface area contributed by atoms with Gasteiger partial charge in [0, 0.05) is 11.9 Å². The lowest BCUT2D eigenvalue weighted by atomic mass is 9.85. The minimum absolute atomic E-state index is 0.141. The van der Waals surface area contributed by atoms with Crippen LogP contribution in [0, 0.1) is 5.92 Å². The molecule has 1 atom stereocenters. The SMILES string of the molecule is [2H]C1([2H])C=C(C)C(=O)C([2H])([2H])[C@@H]1C(=C)C. The van der Waals surface area contributed by atoms with Gasteiger partial charge in [0.25, 0.3) is 0 Å². The molecule has 60 valence electrons. The van der Waals surface area contributed by atoms with Gasteiger partial charge in [0.2, 0.25) is 0 Å². The van der Waals surface area contributed by atoms with Gasteiger partial charge in [-0.05, 0) is 31.7 Å². The van der Waals surface area contributed by atoms with Gasteiger partial charge in [-0.2, -0.15) is 0 Å². The van der Waals surface area contributed by atoms with Crippen molar-refractivity contribution in [1.29, 1.82) is 0 Å².